The average molecular weight is 339 g/mol. The minimum atomic E-state index is -0.686. The Morgan fingerprint density at radius 3 is 2.14 bits per heavy atom. The van der Waals surface area contributed by atoms with Crippen LogP contribution in [0.5, 0.6) is 0 Å². The van der Waals surface area contributed by atoms with E-state index in [0.29, 0.717) is 26.2 Å². The van der Waals surface area contributed by atoms with Gasteiger partial charge in [-0.2, -0.15) is 5.26 Å². The van der Waals surface area contributed by atoms with Gasteiger partial charge in [0.2, 0.25) is 0 Å². The minimum Gasteiger partial charge on any atom is -0.294 e. The lowest BCUT2D eigenvalue weighted by Gasteiger charge is -2.12. The molecule has 2 aromatic carbocycles. The van der Waals surface area contributed by atoms with Crippen molar-refractivity contribution < 1.29 is 4.79 Å². The van der Waals surface area contributed by atoms with Gasteiger partial charge in [0.15, 0.2) is 5.78 Å². The summed E-state index contributed by atoms with van der Waals surface area (Å²) in [5.41, 5.74) is 0.994. The lowest BCUT2D eigenvalue weighted by Crippen LogP contribution is -2.07. The summed E-state index contributed by atoms with van der Waals surface area (Å²) in [5.74, 6) is -0.844. The van der Waals surface area contributed by atoms with Crippen LogP contribution < -0.4 is 0 Å². The van der Waals surface area contributed by atoms with Crippen LogP contribution in [0.4, 0.5) is 0 Å². The Morgan fingerprint density at radius 1 is 1.05 bits per heavy atom. The molecular weight excluding hydrogens is 329 g/mol. The molecule has 1 unspecified atom stereocenters. The topological polar surface area (TPSA) is 40.9 Å². The molecule has 0 heterocycles. The normalized spacial score (nSPS) is 11.7. The molecule has 0 bridgehead atoms. The van der Waals surface area contributed by atoms with Gasteiger partial charge in [-0.25, -0.2) is 0 Å². The van der Waals surface area contributed by atoms with Gasteiger partial charge in [0.1, 0.15) is 0 Å². The van der Waals surface area contributed by atoms with Crippen LogP contribution in [-0.4, -0.2) is 5.78 Å². The molecule has 0 N–H and O–H groups in total. The van der Waals surface area contributed by atoms with Crippen molar-refractivity contribution in [1.29, 1.82) is 5.26 Å². The maximum Gasteiger partial charge on any atom is 0.164 e. The predicted molar refractivity (Wildman–Crippen MR) is 85.2 cm³/mol. The quantitative estimate of drug-likeness (QED) is 0.688. The highest BCUT2D eigenvalue weighted by Crippen LogP contribution is 2.33. The number of hydrogen-bond donors (Lipinski definition) is 0. The molecule has 2 aromatic rings. The van der Waals surface area contributed by atoms with Gasteiger partial charge in [-0.05, 0) is 36.4 Å². The lowest BCUT2D eigenvalue weighted by molar-refractivity contribution is 0.0979. The number of ketones is 1. The summed E-state index contributed by atoms with van der Waals surface area (Å²) in [4.78, 5) is 12.2. The Bertz CT molecular complexity index is 684. The third-order valence-electron chi connectivity index (χ3n) is 3.06. The molecule has 0 aliphatic rings. The molecule has 0 spiro atoms. The third kappa shape index (κ3) is 3.77. The molecule has 21 heavy (non-hydrogen) atoms. The van der Waals surface area contributed by atoms with Gasteiger partial charge < -0.3 is 0 Å². The van der Waals surface area contributed by atoms with Crippen molar-refractivity contribution in [3.05, 3.63) is 68.7 Å². The van der Waals surface area contributed by atoms with Crippen LogP contribution in [0.25, 0.3) is 0 Å². The fourth-order valence-electron chi connectivity index (χ4n) is 1.99. The number of carbonyl (C=O) groups excluding carboxylic acids is 1. The smallest absolute Gasteiger partial charge is 0.164 e. The molecule has 5 heteroatoms. The van der Waals surface area contributed by atoms with Gasteiger partial charge >= 0.3 is 0 Å². The Labute approximate surface area is 137 Å². The highest BCUT2D eigenvalue weighted by Gasteiger charge is 2.21. The summed E-state index contributed by atoms with van der Waals surface area (Å²) in [6.45, 7) is 0. The zero-order valence-corrected chi connectivity index (χ0v) is 13.1. The van der Waals surface area contributed by atoms with E-state index in [1.165, 1.54) is 0 Å². The molecule has 106 valence electrons. The Hall–Kier alpha value is -1.53. The minimum absolute atomic E-state index is 0.0155. The van der Waals surface area contributed by atoms with E-state index in [9.17, 15) is 10.1 Å². The number of carbonyl (C=O) groups is 1. The summed E-state index contributed by atoms with van der Waals surface area (Å²) in [5, 5.41) is 10.7. The fourth-order valence-corrected chi connectivity index (χ4v) is 2.78. The SMILES string of the molecule is N#CC(CC(=O)c1ccc(Cl)cc1)c1c(Cl)cccc1Cl. The van der Waals surface area contributed by atoms with E-state index < -0.39 is 5.92 Å². The van der Waals surface area contributed by atoms with Crippen molar-refractivity contribution in [3.8, 4) is 6.07 Å². The molecule has 0 amide bonds. The zero-order valence-electron chi connectivity index (χ0n) is 10.8. The van der Waals surface area contributed by atoms with E-state index in [0.717, 1.165) is 0 Å². The van der Waals surface area contributed by atoms with Crippen LogP contribution in [0.15, 0.2) is 42.5 Å². The van der Waals surface area contributed by atoms with E-state index in [-0.39, 0.29) is 12.2 Å². The molecule has 0 saturated heterocycles. The predicted octanol–water partition coefficient (Wildman–Crippen LogP) is 5.53. The van der Waals surface area contributed by atoms with Crippen molar-refractivity contribution in [2.24, 2.45) is 0 Å². The van der Waals surface area contributed by atoms with Crippen LogP contribution in [0.1, 0.15) is 28.3 Å². The van der Waals surface area contributed by atoms with Crippen molar-refractivity contribution in [1.82, 2.24) is 0 Å². The first-order valence-electron chi connectivity index (χ1n) is 6.15. The number of halogens is 3. The van der Waals surface area contributed by atoms with Gasteiger partial charge in [0, 0.05) is 32.6 Å². The summed E-state index contributed by atoms with van der Waals surface area (Å²) in [7, 11) is 0. The largest absolute Gasteiger partial charge is 0.294 e. The van der Waals surface area contributed by atoms with Crippen molar-refractivity contribution in [3.63, 3.8) is 0 Å². The Kier molecular flexibility index (Phi) is 5.25. The maximum absolute atomic E-state index is 12.2. The van der Waals surface area contributed by atoms with Crippen LogP contribution in [0, 0.1) is 11.3 Å². The Balaban J connectivity index is 2.26. The highest BCUT2D eigenvalue weighted by atomic mass is 35.5. The van der Waals surface area contributed by atoms with Crippen LogP contribution in [0.3, 0.4) is 0 Å². The summed E-state index contributed by atoms with van der Waals surface area (Å²) < 4.78 is 0. The monoisotopic (exact) mass is 337 g/mol. The molecule has 1 atom stereocenters. The van der Waals surface area contributed by atoms with Crippen molar-refractivity contribution >= 4 is 40.6 Å². The first-order chi connectivity index (χ1) is 10.0. The lowest BCUT2D eigenvalue weighted by atomic mass is 9.92. The molecule has 0 aliphatic heterocycles. The van der Waals surface area contributed by atoms with Gasteiger partial charge in [0.25, 0.3) is 0 Å². The number of hydrogen-bond acceptors (Lipinski definition) is 2. The van der Waals surface area contributed by atoms with Gasteiger partial charge in [-0.1, -0.05) is 40.9 Å². The summed E-state index contributed by atoms with van der Waals surface area (Å²) in [6, 6.07) is 13.6. The molecular formula is C16H10Cl3NO. The van der Waals surface area contributed by atoms with Gasteiger partial charge in [0.05, 0.1) is 12.0 Å². The van der Waals surface area contributed by atoms with Crippen LogP contribution >= 0.6 is 34.8 Å². The van der Waals surface area contributed by atoms with Crippen molar-refractivity contribution in [2.75, 3.05) is 0 Å². The van der Waals surface area contributed by atoms with E-state index in [4.69, 9.17) is 34.8 Å². The van der Waals surface area contributed by atoms with E-state index >= 15 is 0 Å². The zero-order chi connectivity index (χ0) is 15.4. The fraction of sp³-hybridized carbons (Fsp3) is 0.125. The molecule has 0 radical (unpaired) electrons. The van der Waals surface area contributed by atoms with E-state index in [1.807, 2.05) is 0 Å². The molecule has 0 aliphatic carbocycles. The molecule has 0 saturated carbocycles. The van der Waals surface area contributed by atoms with Crippen LogP contribution in [-0.2, 0) is 0 Å². The first kappa shape index (κ1) is 15.9. The summed E-state index contributed by atoms with van der Waals surface area (Å²) in [6.07, 6.45) is 0.0155. The molecule has 2 nitrogen and oxygen atoms in total. The average Bonchev–Trinajstić information content (AvgIpc) is 2.46. The van der Waals surface area contributed by atoms with Crippen molar-refractivity contribution in [2.45, 2.75) is 12.3 Å². The van der Waals surface area contributed by atoms with Crippen LogP contribution in [0.2, 0.25) is 15.1 Å². The first-order valence-corrected chi connectivity index (χ1v) is 7.28. The molecule has 2 rings (SSSR count). The van der Waals surface area contributed by atoms with Gasteiger partial charge in [-0.3, -0.25) is 4.79 Å². The maximum atomic E-state index is 12.2. The number of nitrogens with zero attached hydrogens (tertiary/aromatic N) is 1. The van der Waals surface area contributed by atoms with Gasteiger partial charge in [-0.15, -0.1) is 0 Å². The second-order valence-corrected chi connectivity index (χ2v) is 5.70. The number of benzene rings is 2. The molecule has 0 fully saturated rings. The van der Waals surface area contributed by atoms with E-state index in [2.05, 4.69) is 6.07 Å². The number of nitriles is 1. The number of rotatable bonds is 4. The van der Waals surface area contributed by atoms with E-state index in [1.54, 1.807) is 42.5 Å². The third-order valence-corrected chi connectivity index (χ3v) is 3.97. The summed E-state index contributed by atoms with van der Waals surface area (Å²) >= 11 is 18.0. The molecule has 0 aromatic heterocycles. The highest BCUT2D eigenvalue weighted by molar-refractivity contribution is 6.36. The Morgan fingerprint density at radius 2 is 1.62 bits per heavy atom. The second kappa shape index (κ2) is 6.95. The standard InChI is InChI=1S/C16H10Cl3NO/c17-12-6-4-10(5-7-12)15(21)8-11(9-20)16-13(18)2-1-3-14(16)19/h1-7,11H,8H2. The number of Topliss-reactive ketones (excluding diaryl/α,β-unsaturated/α-hetero) is 1. The second-order valence-electron chi connectivity index (χ2n) is 4.45.